The zero-order chi connectivity index (χ0) is 19.5. The minimum absolute atomic E-state index is 0.184. The Morgan fingerprint density at radius 2 is 1.86 bits per heavy atom. The Kier molecular flexibility index (Phi) is 6.04. The van der Waals surface area contributed by atoms with Crippen LogP contribution in [0.1, 0.15) is 36.0 Å². The summed E-state index contributed by atoms with van der Waals surface area (Å²) in [7, 11) is 4.49. The quantitative estimate of drug-likeness (QED) is 0.786. The lowest BCUT2D eigenvalue weighted by Gasteiger charge is -2.39. The highest BCUT2D eigenvalue weighted by Gasteiger charge is 2.29. The molecule has 2 aliphatic rings. The van der Waals surface area contributed by atoms with Crippen molar-refractivity contribution in [1.29, 1.82) is 0 Å². The molecule has 1 aromatic heterocycles. The van der Waals surface area contributed by atoms with Crippen LogP contribution in [0.5, 0.6) is 0 Å². The first-order valence-electron chi connectivity index (χ1n) is 10.5. The van der Waals surface area contributed by atoms with Gasteiger partial charge in [-0.15, -0.1) is 0 Å². The first kappa shape index (κ1) is 19.5. The minimum Gasteiger partial charge on any atom is -0.465 e. The summed E-state index contributed by atoms with van der Waals surface area (Å²) in [6.45, 7) is 7.69. The summed E-state index contributed by atoms with van der Waals surface area (Å²) in [6.07, 6.45) is 2.46. The van der Waals surface area contributed by atoms with Gasteiger partial charge < -0.3 is 19.0 Å². The van der Waals surface area contributed by atoms with Crippen LogP contribution in [0.15, 0.2) is 40.8 Å². The van der Waals surface area contributed by atoms with Gasteiger partial charge in [-0.05, 0) is 63.7 Å². The predicted molar refractivity (Wildman–Crippen MR) is 113 cm³/mol. The number of rotatable bonds is 5. The van der Waals surface area contributed by atoms with Gasteiger partial charge in [-0.25, -0.2) is 0 Å². The molecule has 0 bridgehead atoms. The normalized spacial score (nSPS) is 22.5. The molecule has 5 nitrogen and oxygen atoms in total. The molecule has 5 heteroatoms. The number of hydrogen-bond donors (Lipinski definition) is 0. The monoisotopic (exact) mass is 383 g/mol. The van der Waals surface area contributed by atoms with E-state index in [4.69, 9.17) is 9.15 Å². The van der Waals surface area contributed by atoms with Crippen LogP contribution in [-0.2, 0) is 11.3 Å². The SMILES string of the molecule is Cc1ccc(C2COCCN2Cc2ccccc2N(C)C2CCN(C)CC2)o1. The number of morpholine rings is 1. The van der Waals surface area contributed by atoms with Crippen molar-refractivity contribution in [2.45, 2.75) is 38.4 Å². The van der Waals surface area contributed by atoms with Crippen molar-refractivity contribution in [3.8, 4) is 0 Å². The van der Waals surface area contributed by atoms with Crippen LogP contribution in [0.3, 0.4) is 0 Å². The van der Waals surface area contributed by atoms with Gasteiger partial charge in [-0.2, -0.15) is 0 Å². The predicted octanol–water partition coefficient (Wildman–Crippen LogP) is 3.69. The molecule has 0 radical (unpaired) electrons. The third-order valence-electron chi connectivity index (χ3n) is 6.31. The van der Waals surface area contributed by atoms with Gasteiger partial charge in [0, 0.05) is 31.9 Å². The third kappa shape index (κ3) is 4.27. The molecule has 3 heterocycles. The van der Waals surface area contributed by atoms with Gasteiger partial charge in [-0.1, -0.05) is 18.2 Å². The van der Waals surface area contributed by atoms with Gasteiger partial charge in [0.2, 0.25) is 0 Å². The molecule has 0 spiro atoms. The number of hydrogen-bond acceptors (Lipinski definition) is 5. The van der Waals surface area contributed by atoms with Gasteiger partial charge in [0.05, 0.1) is 19.3 Å². The van der Waals surface area contributed by atoms with E-state index in [0.717, 1.165) is 31.2 Å². The molecule has 2 aliphatic heterocycles. The Bertz CT molecular complexity index is 767. The highest BCUT2D eigenvalue weighted by Crippen LogP contribution is 2.31. The number of furan rings is 1. The number of anilines is 1. The summed E-state index contributed by atoms with van der Waals surface area (Å²) in [4.78, 5) is 7.44. The molecule has 1 unspecified atom stereocenters. The van der Waals surface area contributed by atoms with E-state index in [1.807, 2.05) is 13.0 Å². The topological polar surface area (TPSA) is 32.1 Å². The van der Waals surface area contributed by atoms with E-state index in [2.05, 4.69) is 59.1 Å². The first-order chi connectivity index (χ1) is 13.6. The second kappa shape index (κ2) is 8.68. The Morgan fingerprint density at radius 1 is 1.07 bits per heavy atom. The molecule has 0 aliphatic carbocycles. The number of nitrogens with zero attached hydrogens (tertiary/aromatic N) is 3. The van der Waals surface area contributed by atoms with E-state index in [1.165, 1.54) is 37.2 Å². The smallest absolute Gasteiger partial charge is 0.123 e. The summed E-state index contributed by atoms with van der Waals surface area (Å²) in [5.41, 5.74) is 2.75. The highest BCUT2D eigenvalue weighted by atomic mass is 16.5. The molecule has 2 fully saturated rings. The fourth-order valence-electron chi connectivity index (χ4n) is 4.51. The summed E-state index contributed by atoms with van der Waals surface area (Å²) >= 11 is 0. The first-order valence-corrected chi connectivity index (χ1v) is 10.5. The van der Waals surface area contributed by atoms with Crippen molar-refractivity contribution in [1.82, 2.24) is 9.80 Å². The Labute approximate surface area is 168 Å². The Balaban J connectivity index is 1.52. The zero-order valence-corrected chi connectivity index (χ0v) is 17.4. The minimum atomic E-state index is 0.184. The number of ether oxygens (including phenoxy) is 1. The maximum Gasteiger partial charge on any atom is 0.123 e. The fraction of sp³-hybridized carbons (Fsp3) is 0.565. The number of para-hydroxylation sites is 1. The fourth-order valence-corrected chi connectivity index (χ4v) is 4.51. The van der Waals surface area contributed by atoms with Crippen molar-refractivity contribution >= 4 is 5.69 Å². The van der Waals surface area contributed by atoms with E-state index in [9.17, 15) is 0 Å². The lowest BCUT2D eigenvalue weighted by Crippen LogP contribution is -2.43. The van der Waals surface area contributed by atoms with Crippen LogP contribution in [0.4, 0.5) is 5.69 Å². The van der Waals surface area contributed by atoms with E-state index in [0.29, 0.717) is 12.6 Å². The second-order valence-corrected chi connectivity index (χ2v) is 8.28. The van der Waals surface area contributed by atoms with E-state index in [1.54, 1.807) is 0 Å². The molecule has 28 heavy (non-hydrogen) atoms. The third-order valence-corrected chi connectivity index (χ3v) is 6.31. The summed E-state index contributed by atoms with van der Waals surface area (Å²) in [5.74, 6) is 1.97. The highest BCUT2D eigenvalue weighted by molar-refractivity contribution is 5.54. The molecule has 0 saturated carbocycles. The Hall–Kier alpha value is -1.82. The molecule has 2 saturated heterocycles. The average Bonchev–Trinajstić information content (AvgIpc) is 3.15. The molecule has 1 aromatic carbocycles. The maximum absolute atomic E-state index is 5.94. The molecule has 0 amide bonds. The van der Waals surface area contributed by atoms with E-state index >= 15 is 0 Å². The molecular weight excluding hydrogens is 350 g/mol. The van der Waals surface area contributed by atoms with Crippen molar-refractivity contribution in [3.05, 3.63) is 53.5 Å². The summed E-state index contributed by atoms with van der Waals surface area (Å²) in [6, 6.07) is 13.8. The number of piperidine rings is 1. The van der Waals surface area contributed by atoms with Crippen LogP contribution in [0, 0.1) is 6.92 Å². The molecule has 0 N–H and O–H groups in total. The lowest BCUT2D eigenvalue weighted by molar-refractivity contribution is -0.0204. The Morgan fingerprint density at radius 3 is 2.61 bits per heavy atom. The van der Waals surface area contributed by atoms with Crippen LogP contribution in [-0.4, -0.2) is 62.8 Å². The standard InChI is InChI=1S/C23H33N3O2/c1-18-8-9-23(28-18)22-17-27-15-14-26(22)16-19-6-4-5-7-21(19)25(3)20-10-12-24(2)13-11-20/h4-9,20,22H,10-17H2,1-3H3. The van der Waals surface area contributed by atoms with Crippen molar-refractivity contribution in [2.75, 3.05) is 51.8 Å². The lowest BCUT2D eigenvalue weighted by atomic mass is 10.0. The molecule has 4 rings (SSSR count). The number of likely N-dealkylation sites (tertiary alicyclic amines) is 1. The van der Waals surface area contributed by atoms with E-state index in [-0.39, 0.29) is 6.04 Å². The summed E-state index contributed by atoms with van der Waals surface area (Å²) < 4.78 is 11.7. The van der Waals surface area contributed by atoms with Gasteiger partial charge in [0.1, 0.15) is 11.5 Å². The maximum atomic E-state index is 5.94. The molecule has 2 aromatic rings. The van der Waals surface area contributed by atoms with Crippen LogP contribution >= 0.6 is 0 Å². The van der Waals surface area contributed by atoms with Gasteiger partial charge >= 0.3 is 0 Å². The van der Waals surface area contributed by atoms with Gasteiger partial charge in [-0.3, -0.25) is 4.90 Å². The number of benzene rings is 1. The molecule has 1 atom stereocenters. The van der Waals surface area contributed by atoms with Crippen LogP contribution in [0.2, 0.25) is 0 Å². The van der Waals surface area contributed by atoms with Crippen molar-refractivity contribution in [2.24, 2.45) is 0 Å². The van der Waals surface area contributed by atoms with E-state index < -0.39 is 0 Å². The number of aryl methyl sites for hydroxylation is 1. The molecular formula is C23H33N3O2. The second-order valence-electron chi connectivity index (χ2n) is 8.28. The summed E-state index contributed by atoms with van der Waals surface area (Å²) in [5, 5.41) is 0. The average molecular weight is 384 g/mol. The van der Waals surface area contributed by atoms with Crippen molar-refractivity contribution < 1.29 is 9.15 Å². The van der Waals surface area contributed by atoms with Crippen LogP contribution in [0.25, 0.3) is 0 Å². The van der Waals surface area contributed by atoms with Gasteiger partial charge in [0.25, 0.3) is 0 Å². The van der Waals surface area contributed by atoms with Crippen LogP contribution < -0.4 is 4.90 Å². The van der Waals surface area contributed by atoms with Gasteiger partial charge in [0.15, 0.2) is 0 Å². The van der Waals surface area contributed by atoms with Crippen molar-refractivity contribution in [3.63, 3.8) is 0 Å². The zero-order valence-electron chi connectivity index (χ0n) is 17.4. The molecule has 152 valence electrons. The largest absolute Gasteiger partial charge is 0.465 e.